The summed E-state index contributed by atoms with van der Waals surface area (Å²) >= 11 is 12.5. The van der Waals surface area contributed by atoms with Crippen molar-refractivity contribution in [2.45, 2.75) is 11.4 Å². The zero-order valence-corrected chi connectivity index (χ0v) is 16.8. The first-order valence-corrected chi connectivity index (χ1v) is 10.3. The van der Waals surface area contributed by atoms with Gasteiger partial charge in [-0.15, -0.1) is 0 Å². The fourth-order valence-corrected chi connectivity index (χ4v) is 4.56. The molecule has 0 fully saturated rings. The maximum atomic E-state index is 13.4. The lowest BCUT2D eigenvalue weighted by molar-refractivity contribution is 0.414. The van der Waals surface area contributed by atoms with Crippen LogP contribution in [0.4, 0.5) is 5.69 Å². The van der Waals surface area contributed by atoms with E-state index in [9.17, 15) is 8.42 Å². The van der Waals surface area contributed by atoms with Gasteiger partial charge in [0.1, 0.15) is 5.75 Å². The molecular weight excluding hydrogens is 405 g/mol. The standard InChI is InChI=1S/C20H17Cl2NO3S/c1-26-16-10-12-17(13-11-16)27(24,25)23(15-6-3-2-4-7-15)14-18-19(21)8-5-9-20(18)22/h2-13H,14H2,1H3. The Hall–Kier alpha value is -2.21. The summed E-state index contributed by atoms with van der Waals surface area (Å²) < 4.78 is 33.1. The molecule has 4 nitrogen and oxygen atoms in total. The molecule has 3 aromatic carbocycles. The second-order valence-corrected chi connectivity index (χ2v) is 8.40. The Morgan fingerprint density at radius 2 is 1.44 bits per heavy atom. The molecule has 3 rings (SSSR count). The quantitative estimate of drug-likeness (QED) is 0.535. The average Bonchev–Trinajstić information content (AvgIpc) is 2.68. The molecule has 0 aromatic heterocycles. The first kappa shape index (κ1) is 19.5. The molecule has 0 aliphatic carbocycles. The number of benzene rings is 3. The number of rotatable bonds is 6. The van der Waals surface area contributed by atoms with Gasteiger partial charge in [-0.2, -0.15) is 0 Å². The Morgan fingerprint density at radius 3 is 2.00 bits per heavy atom. The van der Waals surface area contributed by atoms with Crippen LogP contribution in [0.3, 0.4) is 0 Å². The molecule has 0 saturated carbocycles. The lowest BCUT2D eigenvalue weighted by atomic mass is 10.2. The van der Waals surface area contributed by atoms with Crippen LogP contribution in [-0.2, 0) is 16.6 Å². The highest BCUT2D eigenvalue weighted by Gasteiger charge is 2.26. The topological polar surface area (TPSA) is 46.6 Å². The van der Waals surface area contributed by atoms with E-state index in [1.807, 2.05) is 6.07 Å². The van der Waals surface area contributed by atoms with E-state index in [0.717, 1.165) is 0 Å². The van der Waals surface area contributed by atoms with Crippen molar-refractivity contribution in [2.24, 2.45) is 0 Å². The molecule has 0 unspecified atom stereocenters. The number of hydrogen-bond donors (Lipinski definition) is 0. The van der Waals surface area contributed by atoms with Gasteiger partial charge in [-0.1, -0.05) is 47.5 Å². The number of methoxy groups -OCH3 is 1. The molecule has 140 valence electrons. The van der Waals surface area contributed by atoms with Crippen LogP contribution in [-0.4, -0.2) is 15.5 Å². The van der Waals surface area contributed by atoms with Gasteiger partial charge in [0, 0.05) is 15.6 Å². The molecule has 3 aromatic rings. The summed E-state index contributed by atoms with van der Waals surface area (Å²) in [7, 11) is -2.32. The first-order valence-electron chi connectivity index (χ1n) is 8.08. The van der Waals surface area contributed by atoms with Gasteiger partial charge in [-0.3, -0.25) is 4.31 Å². The molecule has 0 spiro atoms. The van der Waals surface area contributed by atoms with Crippen molar-refractivity contribution >= 4 is 38.9 Å². The van der Waals surface area contributed by atoms with Gasteiger partial charge >= 0.3 is 0 Å². The monoisotopic (exact) mass is 421 g/mol. The Morgan fingerprint density at radius 1 is 0.852 bits per heavy atom. The summed E-state index contributed by atoms with van der Waals surface area (Å²) in [6.45, 7) is 0.0108. The number of halogens is 2. The number of hydrogen-bond acceptors (Lipinski definition) is 3. The van der Waals surface area contributed by atoms with E-state index in [-0.39, 0.29) is 11.4 Å². The number of para-hydroxylation sites is 1. The summed E-state index contributed by atoms with van der Waals surface area (Å²) in [5.74, 6) is 0.578. The predicted octanol–water partition coefficient (Wildman–Crippen LogP) is 5.40. The second kappa shape index (κ2) is 8.21. The molecule has 0 saturated heterocycles. The van der Waals surface area contributed by atoms with E-state index in [2.05, 4.69) is 0 Å². The van der Waals surface area contributed by atoms with Crippen molar-refractivity contribution in [2.75, 3.05) is 11.4 Å². The van der Waals surface area contributed by atoms with Crippen LogP contribution in [0.25, 0.3) is 0 Å². The molecule has 0 heterocycles. The van der Waals surface area contributed by atoms with E-state index in [0.29, 0.717) is 27.0 Å². The van der Waals surface area contributed by atoms with E-state index < -0.39 is 10.0 Å². The highest BCUT2D eigenvalue weighted by molar-refractivity contribution is 7.92. The smallest absolute Gasteiger partial charge is 0.264 e. The van der Waals surface area contributed by atoms with Crippen molar-refractivity contribution < 1.29 is 13.2 Å². The van der Waals surface area contributed by atoms with Gasteiger partial charge in [0.2, 0.25) is 0 Å². The van der Waals surface area contributed by atoms with Crippen LogP contribution >= 0.6 is 23.2 Å². The molecular formula is C20H17Cl2NO3S. The fraction of sp³-hybridized carbons (Fsp3) is 0.100. The minimum atomic E-state index is -3.85. The number of nitrogens with zero attached hydrogens (tertiary/aromatic N) is 1. The van der Waals surface area contributed by atoms with Gasteiger partial charge in [0.15, 0.2) is 0 Å². The van der Waals surface area contributed by atoms with Gasteiger partial charge in [0.25, 0.3) is 10.0 Å². The van der Waals surface area contributed by atoms with Crippen molar-refractivity contribution in [3.63, 3.8) is 0 Å². The second-order valence-electron chi connectivity index (χ2n) is 5.72. The van der Waals surface area contributed by atoms with Crippen molar-refractivity contribution in [3.8, 4) is 5.75 Å². The molecule has 0 amide bonds. The van der Waals surface area contributed by atoms with Gasteiger partial charge in [-0.25, -0.2) is 8.42 Å². The molecule has 0 bridgehead atoms. The average molecular weight is 422 g/mol. The van der Waals surface area contributed by atoms with E-state index in [4.69, 9.17) is 27.9 Å². The number of sulfonamides is 1. The van der Waals surface area contributed by atoms with Crippen LogP contribution in [0.5, 0.6) is 5.75 Å². The zero-order valence-electron chi connectivity index (χ0n) is 14.5. The van der Waals surface area contributed by atoms with Gasteiger partial charge < -0.3 is 4.74 Å². The number of ether oxygens (including phenoxy) is 1. The SMILES string of the molecule is COc1ccc(S(=O)(=O)N(Cc2c(Cl)cccc2Cl)c2ccccc2)cc1. The third kappa shape index (κ3) is 4.21. The largest absolute Gasteiger partial charge is 0.497 e. The maximum Gasteiger partial charge on any atom is 0.264 e. The Labute approximate surface area is 169 Å². The highest BCUT2D eigenvalue weighted by Crippen LogP contribution is 2.31. The molecule has 0 N–H and O–H groups in total. The van der Waals surface area contributed by atoms with Crippen LogP contribution < -0.4 is 9.04 Å². The lowest BCUT2D eigenvalue weighted by Crippen LogP contribution is -2.30. The summed E-state index contributed by atoms with van der Waals surface area (Å²) in [6.07, 6.45) is 0. The summed E-state index contributed by atoms with van der Waals surface area (Å²) in [5, 5.41) is 0.821. The van der Waals surface area contributed by atoms with Crippen LogP contribution in [0.2, 0.25) is 10.0 Å². The minimum absolute atomic E-state index is 0.0108. The normalized spacial score (nSPS) is 11.2. The van der Waals surface area contributed by atoms with Gasteiger partial charge in [0.05, 0.1) is 24.2 Å². The molecule has 0 aliphatic rings. The lowest BCUT2D eigenvalue weighted by Gasteiger charge is -2.25. The van der Waals surface area contributed by atoms with Crippen LogP contribution in [0.15, 0.2) is 77.7 Å². The fourth-order valence-electron chi connectivity index (χ4n) is 2.61. The first-order chi connectivity index (χ1) is 12.9. The maximum absolute atomic E-state index is 13.4. The molecule has 0 atom stereocenters. The van der Waals surface area contributed by atoms with E-state index >= 15 is 0 Å². The minimum Gasteiger partial charge on any atom is -0.497 e. The van der Waals surface area contributed by atoms with Crippen molar-refractivity contribution in [1.82, 2.24) is 0 Å². The Kier molecular flexibility index (Phi) is 5.95. The van der Waals surface area contributed by atoms with Crippen molar-refractivity contribution in [1.29, 1.82) is 0 Å². The molecule has 0 radical (unpaired) electrons. The van der Waals surface area contributed by atoms with Crippen LogP contribution in [0, 0.1) is 0 Å². The van der Waals surface area contributed by atoms with E-state index in [1.54, 1.807) is 54.6 Å². The van der Waals surface area contributed by atoms with E-state index in [1.165, 1.54) is 23.5 Å². The number of anilines is 1. The summed E-state index contributed by atoms with van der Waals surface area (Å²) in [4.78, 5) is 0.148. The Balaban J connectivity index is 2.09. The third-order valence-corrected chi connectivity index (χ3v) is 6.55. The highest BCUT2D eigenvalue weighted by atomic mass is 35.5. The van der Waals surface area contributed by atoms with Gasteiger partial charge in [-0.05, 0) is 48.5 Å². The molecule has 27 heavy (non-hydrogen) atoms. The van der Waals surface area contributed by atoms with Crippen LogP contribution in [0.1, 0.15) is 5.56 Å². The summed E-state index contributed by atoms with van der Waals surface area (Å²) in [6, 6.07) is 20.2. The predicted molar refractivity (Wildman–Crippen MR) is 109 cm³/mol. The molecule has 7 heteroatoms. The third-order valence-electron chi connectivity index (χ3n) is 4.06. The van der Waals surface area contributed by atoms with Crippen molar-refractivity contribution in [3.05, 3.63) is 88.4 Å². The zero-order chi connectivity index (χ0) is 19.4. The molecule has 0 aliphatic heterocycles. The summed E-state index contributed by atoms with van der Waals surface area (Å²) in [5.41, 5.74) is 1.06. The Bertz CT molecular complexity index is 1000.